The summed E-state index contributed by atoms with van der Waals surface area (Å²) in [5.74, 6) is -0.0664. The predicted molar refractivity (Wildman–Crippen MR) is 116 cm³/mol. The SMILES string of the molecule is CCOC(=O)C1=C(C)N(c2ccc(OC)cc2)C(=O)/C1=C\c1ccc(SC)cc1. The molecule has 0 N–H and O–H groups in total. The standard InChI is InChI=1S/C23H23NO4S/c1-5-28-23(26)21-15(2)24(17-8-10-18(27-3)11-9-17)22(25)20(21)14-16-6-12-19(29-4)13-7-16/h6-14H,5H2,1-4H3/b20-14-. The molecule has 1 amide bonds. The van der Waals surface area contributed by atoms with E-state index in [0.717, 1.165) is 10.5 Å². The summed E-state index contributed by atoms with van der Waals surface area (Å²) >= 11 is 1.64. The first-order valence-electron chi connectivity index (χ1n) is 9.22. The molecule has 5 nitrogen and oxygen atoms in total. The van der Waals surface area contributed by atoms with Crippen LogP contribution >= 0.6 is 11.8 Å². The van der Waals surface area contributed by atoms with Crippen molar-refractivity contribution in [2.75, 3.05) is 24.9 Å². The van der Waals surface area contributed by atoms with Gasteiger partial charge in [0.1, 0.15) is 5.75 Å². The van der Waals surface area contributed by atoms with Gasteiger partial charge in [0.2, 0.25) is 0 Å². The molecule has 29 heavy (non-hydrogen) atoms. The first-order chi connectivity index (χ1) is 14.0. The Morgan fingerprint density at radius 3 is 2.31 bits per heavy atom. The Bertz CT molecular complexity index is 975. The minimum absolute atomic E-state index is 0.238. The molecule has 0 aliphatic carbocycles. The predicted octanol–water partition coefficient (Wildman–Crippen LogP) is 4.68. The fourth-order valence-electron chi connectivity index (χ4n) is 3.19. The van der Waals surface area contributed by atoms with Crippen LogP contribution in [0.2, 0.25) is 0 Å². The highest BCUT2D eigenvalue weighted by atomic mass is 32.2. The van der Waals surface area contributed by atoms with Gasteiger partial charge in [0.05, 0.1) is 24.9 Å². The summed E-state index contributed by atoms with van der Waals surface area (Å²) in [5, 5.41) is 0. The molecule has 0 spiro atoms. The molecule has 1 heterocycles. The van der Waals surface area contributed by atoms with Gasteiger partial charge >= 0.3 is 5.97 Å². The highest BCUT2D eigenvalue weighted by Gasteiger charge is 2.38. The van der Waals surface area contributed by atoms with Gasteiger partial charge in [-0.2, -0.15) is 0 Å². The number of allylic oxidation sites excluding steroid dienone is 1. The molecule has 0 bridgehead atoms. The van der Waals surface area contributed by atoms with Gasteiger partial charge in [-0.25, -0.2) is 4.79 Å². The van der Waals surface area contributed by atoms with Gasteiger partial charge in [0.15, 0.2) is 0 Å². The lowest BCUT2D eigenvalue weighted by atomic mass is 10.0. The maximum Gasteiger partial charge on any atom is 0.340 e. The molecule has 6 heteroatoms. The third-order valence-corrected chi connectivity index (χ3v) is 5.38. The Hall–Kier alpha value is -2.99. The van der Waals surface area contributed by atoms with Crippen LogP contribution in [0.15, 0.2) is 70.3 Å². The Morgan fingerprint density at radius 2 is 1.76 bits per heavy atom. The van der Waals surface area contributed by atoms with Crippen LogP contribution in [-0.4, -0.2) is 31.8 Å². The van der Waals surface area contributed by atoms with Gasteiger partial charge < -0.3 is 9.47 Å². The molecule has 0 aromatic heterocycles. The van der Waals surface area contributed by atoms with Gasteiger partial charge in [-0.05, 0) is 68.1 Å². The highest BCUT2D eigenvalue weighted by Crippen LogP contribution is 2.36. The van der Waals surface area contributed by atoms with E-state index in [2.05, 4.69) is 0 Å². The lowest BCUT2D eigenvalue weighted by Gasteiger charge is -2.18. The fourth-order valence-corrected chi connectivity index (χ4v) is 3.60. The second kappa shape index (κ2) is 9.01. The Kier molecular flexibility index (Phi) is 6.44. The molecular formula is C23H23NO4S. The Balaban J connectivity index is 2.07. The number of nitrogens with zero attached hydrogens (tertiary/aromatic N) is 1. The van der Waals surface area contributed by atoms with Crippen molar-refractivity contribution < 1.29 is 19.1 Å². The molecule has 0 atom stereocenters. The quantitative estimate of drug-likeness (QED) is 0.394. The molecule has 1 aliphatic heterocycles. The van der Waals surface area contributed by atoms with Crippen LogP contribution in [0, 0.1) is 0 Å². The highest BCUT2D eigenvalue weighted by molar-refractivity contribution is 7.98. The number of rotatable bonds is 6. The second-order valence-electron chi connectivity index (χ2n) is 6.35. The average Bonchev–Trinajstić information content (AvgIpc) is 2.98. The van der Waals surface area contributed by atoms with Crippen molar-refractivity contribution in [3.05, 3.63) is 70.9 Å². The van der Waals surface area contributed by atoms with E-state index in [4.69, 9.17) is 9.47 Å². The number of thioether (sulfide) groups is 1. The van der Waals surface area contributed by atoms with E-state index in [1.54, 1.807) is 63.1 Å². The maximum absolute atomic E-state index is 13.3. The van der Waals surface area contributed by atoms with E-state index in [1.807, 2.05) is 30.5 Å². The molecule has 0 fully saturated rings. The lowest BCUT2D eigenvalue weighted by molar-refractivity contribution is -0.138. The van der Waals surface area contributed by atoms with Crippen LogP contribution in [-0.2, 0) is 14.3 Å². The zero-order valence-electron chi connectivity index (χ0n) is 16.9. The minimum atomic E-state index is -0.499. The van der Waals surface area contributed by atoms with Gasteiger partial charge in [0.25, 0.3) is 5.91 Å². The second-order valence-corrected chi connectivity index (χ2v) is 7.23. The molecule has 0 radical (unpaired) electrons. The molecule has 150 valence electrons. The van der Waals surface area contributed by atoms with E-state index in [9.17, 15) is 9.59 Å². The summed E-state index contributed by atoms with van der Waals surface area (Å²) in [4.78, 5) is 28.6. The maximum atomic E-state index is 13.3. The van der Waals surface area contributed by atoms with E-state index in [0.29, 0.717) is 28.3 Å². The third kappa shape index (κ3) is 4.22. The number of hydrogen-bond donors (Lipinski definition) is 0. The van der Waals surface area contributed by atoms with Crippen LogP contribution in [0.4, 0.5) is 5.69 Å². The van der Waals surface area contributed by atoms with Crippen molar-refractivity contribution in [1.82, 2.24) is 0 Å². The van der Waals surface area contributed by atoms with Gasteiger partial charge in [0, 0.05) is 16.3 Å². The van der Waals surface area contributed by atoms with Crippen molar-refractivity contribution in [1.29, 1.82) is 0 Å². The van der Waals surface area contributed by atoms with E-state index in [-0.39, 0.29) is 12.5 Å². The fraction of sp³-hybridized carbons (Fsp3) is 0.217. The summed E-state index contributed by atoms with van der Waals surface area (Å²) in [6.07, 6.45) is 3.75. The summed E-state index contributed by atoms with van der Waals surface area (Å²) < 4.78 is 10.4. The largest absolute Gasteiger partial charge is 0.497 e. The molecule has 2 aromatic carbocycles. The van der Waals surface area contributed by atoms with Gasteiger partial charge in [-0.15, -0.1) is 11.8 Å². The monoisotopic (exact) mass is 409 g/mol. The van der Waals surface area contributed by atoms with Crippen LogP contribution in [0.1, 0.15) is 19.4 Å². The molecule has 0 unspecified atom stereocenters. The first-order valence-corrected chi connectivity index (χ1v) is 10.4. The molecule has 1 aliphatic rings. The number of hydrogen-bond acceptors (Lipinski definition) is 5. The number of methoxy groups -OCH3 is 1. The van der Waals surface area contributed by atoms with E-state index in [1.165, 1.54) is 4.90 Å². The molecule has 3 rings (SSSR count). The lowest BCUT2D eigenvalue weighted by Crippen LogP contribution is -2.24. The Labute approximate surface area is 175 Å². The number of amides is 1. The van der Waals surface area contributed by atoms with E-state index < -0.39 is 5.97 Å². The van der Waals surface area contributed by atoms with E-state index >= 15 is 0 Å². The summed E-state index contributed by atoms with van der Waals surface area (Å²) in [5.41, 5.74) is 2.68. The van der Waals surface area contributed by atoms with Crippen molar-refractivity contribution in [3.63, 3.8) is 0 Å². The summed E-state index contributed by atoms with van der Waals surface area (Å²) in [7, 11) is 1.59. The van der Waals surface area contributed by atoms with Crippen LogP contribution in [0.3, 0.4) is 0 Å². The topological polar surface area (TPSA) is 55.8 Å². The number of anilines is 1. The van der Waals surface area contributed by atoms with Crippen LogP contribution in [0.5, 0.6) is 5.75 Å². The Morgan fingerprint density at radius 1 is 1.10 bits per heavy atom. The zero-order valence-corrected chi connectivity index (χ0v) is 17.7. The number of carbonyl (C=O) groups is 2. The smallest absolute Gasteiger partial charge is 0.340 e. The number of benzene rings is 2. The van der Waals surface area contributed by atoms with Crippen LogP contribution in [0.25, 0.3) is 6.08 Å². The third-order valence-electron chi connectivity index (χ3n) is 4.64. The summed E-state index contributed by atoms with van der Waals surface area (Å²) in [6.45, 7) is 3.74. The van der Waals surface area contributed by atoms with Crippen molar-refractivity contribution in [3.8, 4) is 5.75 Å². The summed E-state index contributed by atoms with van der Waals surface area (Å²) in [6, 6.07) is 15.0. The van der Waals surface area contributed by atoms with Crippen molar-refractivity contribution in [2.24, 2.45) is 0 Å². The normalized spacial score (nSPS) is 15.2. The molecular weight excluding hydrogens is 386 g/mol. The molecule has 0 saturated carbocycles. The average molecular weight is 410 g/mol. The number of ether oxygens (including phenoxy) is 2. The molecule has 2 aromatic rings. The number of esters is 1. The minimum Gasteiger partial charge on any atom is -0.497 e. The first kappa shape index (κ1) is 20.7. The van der Waals surface area contributed by atoms with Gasteiger partial charge in [-0.1, -0.05) is 12.1 Å². The number of carbonyl (C=O) groups excluding carboxylic acids is 2. The van der Waals surface area contributed by atoms with Crippen molar-refractivity contribution in [2.45, 2.75) is 18.7 Å². The molecule has 0 saturated heterocycles. The van der Waals surface area contributed by atoms with Crippen LogP contribution < -0.4 is 9.64 Å². The zero-order chi connectivity index (χ0) is 21.0. The van der Waals surface area contributed by atoms with Crippen molar-refractivity contribution >= 4 is 35.4 Å². The van der Waals surface area contributed by atoms with Gasteiger partial charge in [-0.3, -0.25) is 9.69 Å².